The summed E-state index contributed by atoms with van der Waals surface area (Å²) in [5, 5.41) is 7.65. The predicted octanol–water partition coefficient (Wildman–Crippen LogP) is 5.35. The van der Waals surface area contributed by atoms with Crippen molar-refractivity contribution >= 4 is 58.0 Å². The first-order chi connectivity index (χ1) is 11.0. The van der Waals surface area contributed by atoms with Gasteiger partial charge in [0.15, 0.2) is 5.11 Å². The van der Waals surface area contributed by atoms with Gasteiger partial charge in [0, 0.05) is 23.7 Å². The quantitative estimate of drug-likeness (QED) is 0.514. The minimum Gasteiger partial charge on any atom is -0.362 e. The van der Waals surface area contributed by atoms with Gasteiger partial charge in [0.25, 0.3) is 0 Å². The molecule has 0 saturated heterocycles. The Kier molecular flexibility index (Phi) is 7.43. The largest absolute Gasteiger partial charge is 0.362 e. The normalized spacial score (nSPS) is 10.4. The van der Waals surface area contributed by atoms with Crippen molar-refractivity contribution < 1.29 is 4.39 Å². The summed E-state index contributed by atoms with van der Waals surface area (Å²) in [7, 11) is 0. The number of hydrogen-bond donors (Lipinski definition) is 2. The number of nitrogens with one attached hydrogen (secondary N) is 2. The smallest absolute Gasteiger partial charge is 0.170 e. The van der Waals surface area contributed by atoms with Crippen LogP contribution in [0, 0.1) is 5.82 Å². The monoisotopic (exact) mass is 388 g/mol. The molecule has 0 fully saturated rings. The zero-order chi connectivity index (χ0) is 16.7. The van der Waals surface area contributed by atoms with Crippen molar-refractivity contribution in [2.24, 2.45) is 0 Å². The van der Waals surface area contributed by atoms with Crippen LogP contribution in [-0.2, 0) is 5.75 Å². The van der Waals surface area contributed by atoms with E-state index in [1.54, 1.807) is 30.0 Å². The highest BCUT2D eigenvalue weighted by molar-refractivity contribution is 7.98. The number of thiocarbonyl (C=S) groups is 1. The number of benzene rings is 2. The third kappa shape index (κ3) is 6.55. The first-order valence-electron chi connectivity index (χ1n) is 6.86. The molecule has 0 aliphatic carbocycles. The summed E-state index contributed by atoms with van der Waals surface area (Å²) in [5.74, 6) is 1.43. The Morgan fingerprint density at radius 2 is 1.96 bits per heavy atom. The van der Waals surface area contributed by atoms with Gasteiger partial charge in [-0.25, -0.2) is 4.39 Å². The molecule has 0 heterocycles. The van der Waals surface area contributed by atoms with E-state index in [0.717, 1.165) is 17.1 Å². The van der Waals surface area contributed by atoms with Crippen LogP contribution in [0.3, 0.4) is 0 Å². The molecule has 2 N–H and O–H groups in total. The van der Waals surface area contributed by atoms with E-state index in [9.17, 15) is 4.39 Å². The second-order valence-electron chi connectivity index (χ2n) is 4.69. The van der Waals surface area contributed by atoms with Crippen LogP contribution in [0.5, 0.6) is 0 Å². The zero-order valence-electron chi connectivity index (χ0n) is 12.1. The Balaban J connectivity index is 1.65. The topological polar surface area (TPSA) is 24.1 Å². The minimum absolute atomic E-state index is 0.296. The summed E-state index contributed by atoms with van der Waals surface area (Å²) in [6, 6.07) is 11.8. The fourth-order valence-electron chi connectivity index (χ4n) is 1.80. The molecule has 0 amide bonds. The van der Waals surface area contributed by atoms with Crippen molar-refractivity contribution in [2.45, 2.75) is 5.75 Å². The molecule has 0 aromatic heterocycles. The molecule has 0 atom stereocenters. The number of anilines is 1. The van der Waals surface area contributed by atoms with E-state index in [2.05, 4.69) is 10.6 Å². The summed E-state index contributed by atoms with van der Waals surface area (Å²) in [6.07, 6.45) is 0. The van der Waals surface area contributed by atoms with Crippen LogP contribution in [0.1, 0.15) is 5.56 Å². The standard InChI is InChI=1S/C16H15Cl2FN2S2/c17-14-5-4-11(8-15(14)18)10-23-7-6-20-16(22)21-13-3-1-2-12(19)9-13/h1-5,8-9H,6-7,10H2,(H2,20,21,22). The molecule has 0 aliphatic rings. The molecule has 0 bridgehead atoms. The van der Waals surface area contributed by atoms with Gasteiger partial charge >= 0.3 is 0 Å². The van der Waals surface area contributed by atoms with Crippen LogP contribution >= 0.6 is 47.2 Å². The van der Waals surface area contributed by atoms with Gasteiger partial charge in [-0.1, -0.05) is 35.3 Å². The Labute approximate surface area is 154 Å². The van der Waals surface area contributed by atoms with Gasteiger partial charge in [-0.05, 0) is 48.1 Å². The molecule has 0 radical (unpaired) electrons. The summed E-state index contributed by atoms with van der Waals surface area (Å²) in [4.78, 5) is 0. The molecule has 0 spiro atoms. The van der Waals surface area contributed by atoms with Gasteiger partial charge in [0.05, 0.1) is 10.0 Å². The first-order valence-corrected chi connectivity index (χ1v) is 9.18. The van der Waals surface area contributed by atoms with E-state index in [0.29, 0.717) is 27.4 Å². The molecule has 2 aromatic rings. The van der Waals surface area contributed by atoms with Crippen molar-refractivity contribution in [3.05, 3.63) is 63.9 Å². The van der Waals surface area contributed by atoms with Crippen LogP contribution in [0.4, 0.5) is 10.1 Å². The van der Waals surface area contributed by atoms with E-state index >= 15 is 0 Å². The molecule has 7 heteroatoms. The maximum Gasteiger partial charge on any atom is 0.170 e. The SMILES string of the molecule is Fc1cccc(NC(=S)NCCSCc2ccc(Cl)c(Cl)c2)c1. The highest BCUT2D eigenvalue weighted by Gasteiger charge is 2.01. The highest BCUT2D eigenvalue weighted by atomic mass is 35.5. The van der Waals surface area contributed by atoms with E-state index in [1.807, 2.05) is 12.1 Å². The molecule has 0 saturated carbocycles. The fraction of sp³-hybridized carbons (Fsp3) is 0.188. The van der Waals surface area contributed by atoms with Gasteiger partial charge in [0.1, 0.15) is 5.82 Å². The first kappa shape index (κ1) is 18.3. The lowest BCUT2D eigenvalue weighted by molar-refractivity contribution is 0.628. The molecular weight excluding hydrogens is 374 g/mol. The minimum atomic E-state index is -0.296. The maximum atomic E-state index is 13.1. The lowest BCUT2D eigenvalue weighted by Crippen LogP contribution is -2.30. The number of hydrogen-bond acceptors (Lipinski definition) is 2. The van der Waals surface area contributed by atoms with E-state index in [4.69, 9.17) is 35.4 Å². The highest BCUT2D eigenvalue weighted by Crippen LogP contribution is 2.24. The van der Waals surface area contributed by atoms with Crippen LogP contribution in [0.15, 0.2) is 42.5 Å². The third-order valence-corrected chi connectivity index (χ3v) is 4.88. The van der Waals surface area contributed by atoms with E-state index < -0.39 is 0 Å². The lowest BCUT2D eigenvalue weighted by atomic mass is 10.2. The van der Waals surface area contributed by atoms with E-state index in [1.165, 1.54) is 12.1 Å². The molecule has 2 aromatic carbocycles. The number of halogens is 3. The molecule has 0 aliphatic heterocycles. The molecule has 2 rings (SSSR count). The summed E-state index contributed by atoms with van der Waals surface area (Å²) < 4.78 is 13.1. The van der Waals surface area contributed by atoms with Crippen molar-refractivity contribution in [1.29, 1.82) is 0 Å². The predicted molar refractivity (Wildman–Crippen MR) is 103 cm³/mol. The molecule has 122 valence electrons. The molecule has 0 unspecified atom stereocenters. The Morgan fingerprint density at radius 3 is 2.70 bits per heavy atom. The van der Waals surface area contributed by atoms with Crippen LogP contribution < -0.4 is 10.6 Å². The number of rotatable bonds is 6. The Hall–Kier alpha value is -1.01. The zero-order valence-corrected chi connectivity index (χ0v) is 15.3. The summed E-state index contributed by atoms with van der Waals surface area (Å²) in [5.41, 5.74) is 1.76. The van der Waals surface area contributed by atoms with Gasteiger partial charge < -0.3 is 10.6 Å². The molecule has 2 nitrogen and oxygen atoms in total. The van der Waals surface area contributed by atoms with Crippen LogP contribution in [0.25, 0.3) is 0 Å². The Bertz CT molecular complexity index is 683. The van der Waals surface area contributed by atoms with Gasteiger partial charge in [-0.2, -0.15) is 11.8 Å². The van der Waals surface area contributed by atoms with Crippen LogP contribution in [0.2, 0.25) is 10.0 Å². The third-order valence-electron chi connectivity index (χ3n) is 2.87. The molecule has 23 heavy (non-hydrogen) atoms. The average molecular weight is 389 g/mol. The van der Waals surface area contributed by atoms with Gasteiger partial charge in [-0.15, -0.1) is 0 Å². The maximum absolute atomic E-state index is 13.1. The van der Waals surface area contributed by atoms with Crippen molar-refractivity contribution in [2.75, 3.05) is 17.6 Å². The molecular formula is C16H15Cl2FN2S2. The van der Waals surface area contributed by atoms with E-state index in [-0.39, 0.29) is 5.82 Å². The summed E-state index contributed by atoms with van der Waals surface area (Å²) >= 11 is 18.8. The lowest BCUT2D eigenvalue weighted by Gasteiger charge is -2.10. The van der Waals surface area contributed by atoms with Gasteiger partial charge in [0.2, 0.25) is 0 Å². The van der Waals surface area contributed by atoms with Crippen molar-refractivity contribution in [1.82, 2.24) is 5.32 Å². The Morgan fingerprint density at radius 1 is 1.13 bits per heavy atom. The second-order valence-corrected chi connectivity index (χ2v) is 7.02. The fourth-order valence-corrected chi connectivity index (χ4v) is 3.14. The van der Waals surface area contributed by atoms with Crippen LogP contribution in [-0.4, -0.2) is 17.4 Å². The van der Waals surface area contributed by atoms with Crippen molar-refractivity contribution in [3.63, 3.8) is 0 Å². The average Bonchev–Trinajstić information content (AvgIpc) is 2.50. The van der Waals surface area contributed by atoms with Gasteiger partial charge in [-0.3, -0.25) is 0 Å². The second kappa shape index (κ2) is 9.33. The summed E-state index contributed by atoms with van der Waals surface area (Å²) in [6.45, 7) is 0.715. The van der Waals surface area contributed by atoms with Crippen molar-refractivity contribution in [3.8, 4) is 0 Å². The number of thioether (sulfide) groups is 1.